The first-order chi connectivity index (χ1) is 14.7. The summed E-state index contributed by atoms with van der Waals surface area (Å²) < 4.78 is 39.3. The van der Waals surface area contributed by atoms with Gasteiger partial charge in [0.1, 0.15) is 0 Å². The summed E-state index contributed by atoms with van der Waals surface area (Å²) in [6, 6.07) is 17.3. The van der Waals surface area contributed by atoms with Crippen molar-refractivity contribution >= 4 is 5.97 Å². The lowest BCUT2D eigenvalue weighted by molar-refractivity contribution is -0.138. The topological polar surface area (TPSA) is 37.3 Å². The first-order valence-corrected chi connectivity index (χ1v) is 10.4. The van der Waals surface area contributed by atoms with Crippen molar-refractivity contribution in [2.45, 2.75) is 44.7 Å². The highest BCUT2D eigenvalue weighted by Gasteiger charge is 2.30. The minimum Gasteiger partial charge on any atom is -0.481 e. The molecule has 0 saturated heterocycles. The van der Waals surface area contributed by atoms with Crippen LogP contribution in [0.25, 0.3) is 22.3 Å². The molecule has 0 aliphatic heterocycles. The van der Waals surface area contributed by atoms with Crippen LogP contribution in [0.5, 0.6) is 0 Å². The molecule has 0 amide bonds. The number of halogens is 3. The fraction of sp³-hybridized carbons (Fsp3) is 0.269. The molecule has 4 rings (SSSR count). The van der Waals surface area contributed by atoms with Crippen molar-refractivity contribution in [3.8, 4) is 22.3 Å². The Hall–Kier alpha value is -3.08. The SMILES string of the molecule is Cc1cc(-c2ccc(C3CC3)cc2CCC(=O)O)ccc1-c1cccc(C(F)(F)F)c1. The van der Waals surface area contributed by atoms with Gasteiger partial charge in [-0.2, -0.15) is 13.2 Å². The summed E-state index contributed by atoms with van der Waals surface area (Å²) in [5.74, 6) is -0.263. The second-order valence-electron chi connectivity index (χ2n) is 8.19. The maximum absolute atomic E-state index is 13.1. The van der Waals surface area contributed by atoms with Gasteiger partial charge in [-0.05, 0) is 83.2 Å². The van der Waals surface area contributed by atoms with E-state index < -0.39 is 17.7 Å². The second-order valence-corrected chi connectivity index (χ2v) is 8.19. The lowest BCUT2D eigenvalue weighted by Crippen LogP contribution is -2.04. The predicted octanol–water partition coefficient (Wildman–Crippen LogP) is 7.24. The highest BCUT2D eigenvalue weighted by Crippen LogP contribution is 2.42. The average molecular weight is 424 g/mol. The number of aryl methyl sites for hydroxylation is 2. The summed E-state index contributed by atoms with van der Waals surface area (Å²) in [6.07, 6.45) is -1.54. The number of carboxylic acids is 1. The molecular weight excluding hydrogens is 401 g/mol. The molecule has 0 heterocycles. The van der Waals surface area contributed by atoms with Crippen LogP contribution >= 0.6 is 0 Å². The summed E-state index contributed by atoms with van der Waals surface area (Å²) in [4.78, 5) is 11.1. The van der Waals surface area contributed by atoms with Gasteiger partial charge in [-0.3, -0.25) is 4.79 Å². The molecule has 1 aliphatic rings. The third-order valence-electron chi connectivity index (χ3n) is 5.82. The smallest absolute Gasteiger partial charge is 0.416 e. The Morgan fingerprint density at radius 3 is 2.32 bits per heavy atom. The standard InChI is InChI=1S/C26H23F3O2/c1-16-13-20(8-10-23(16)19-3-2-4-22(15-19)26(27,28)29)24-11-7-18(17-5-6-17)14-21(24)9-12-25(30)31/h2-4,7-8,10-11,13-15,17H,5-6,9,12H2,1H3,(H,30,31). The zero-order valence-corrected chi connectivity index (χ0v) is 17.2. The maximum Gasteiger partial charge on any atom is 0.416 e. The molecule has 1 saturated carbocycles. The van der Waals surface area contributed by atoms with Crippen molar-refractivity contribution < 1.29 is 23.1 Å². The Bertz CT molecular complexity index is 1130. The van der Waals surface area contributed by atoms with Gasteiger partial charge >= 0.3 is 12.1 Å². The van der Waals surface area contributed by atoms with Crippen molar-refractivity contribution in [1.29, 1.82) is 0 Å². The number of benzene rings is 3. The Morgan fingerprint density at radius 2 is 1.68 bits per heavy atom. The predicted molar refractivity (Wildman–Crippen MR) is 115 cm³/mol. The van der Waals surface area contributed by atoms with Crippen molar-refractivity contribution in [2.24, 2.45) is 0 Å². The van der Waals surface area contributed by atoms with Crippen LogP contribution in [-0.2, 0) is 17.4 Å². The van der Waals surface area contributed by atoms with Crippen LogP contribution in [0.3, 0.4) is 0 Å². The molecular formula is C26H23F3O2. The average Bonchev–Trinajstić information content (AvgIpc) is 3.57. The number of carbonyl (C=O) groups is 1. The Morgan fingerprint density at radius 1 is 0.968 bits per heavy atom. The second kappa shape index (κ2) is 8.22. The summed E-state index contributed by atoms with van der Waals surface area (Å²) in [7, 11) is 0. The van der Waals surface area contributed by atoms with E-state index in [1.165, 1.54) is 30.5 Å². The van der Waals surface area contributed by atoms with E-state index in [2.05, 4.69) is 12.1 Å². The summed E-state index contributed by atoms with van der Waals surface area (Å²) in [6.45, 7) is 1.88. The normalized spacial score (nSPS) is 13.9. The van der Waals surface area contributed by atoms with Gasteiger partial charge in [0, 0.05) is 6.42 Å². The Kier molecular flexibility index (Phi) is 5.61. The lowest BCUT2D eigenvalue weighted by Gasteiger charge is -2.15. The van der Waals surface area contributed by atoms with Gasteiger partial charge < -0.3 is 5.11 Å². The molecule has 0 aromatic heterocycles. The zero-order valence-electron chi connectivity index (χ0n) is 17.2. The number of rotatable bonds is 6. The van der Waals surface area contributed by atoms with Crippen LogP contribution < -0.4 is 0 Å². The number of hydrogen-bond acceptors (Lipinski definition) is 1. The molecule has 0 unspecified atom stereocenters. The van der Waals surface area contributed by atoms with Crippen LogP contribution in [0, 0.1) is 6.92 Å². The van der Waals surface area contributed by atoms with Gasteiger partial charge in [-0.15, -0.1) is 0 Å². The van der Waals surface area contributed by atoms with Gasteiger partial charge in [0.15, 0.2) is 0 Å². The van der Waals surface area contributed by atoms with E-state index in [1.807, 2.05) is 31.2 Å². The van der Waals surface area contributed by atoms with Crippen LogP contribution in [0.2, 0.25) is 0 Å². The van der Waals surface area contributed by atoms with E-state index >= 15 is 0 Å². The highest BCUT2D eigenvalue weighted by molar-refractivity contribution is 5.76. The fourth-order valence-electron chi connectivity index (χ4n) is 4.03. The summed E-state index contributed by atoms with van der Waals surface area (Å²) in [5.41, 5.74) is 5.64. The number of alkyl halides is 3. The largest absolute Gasteiger partial charge is 0.481 e. The molecule has 1 fully saturated rings. The van der Waals surface area contributed by atoms with Crippen LogP contribution in [0.1, 0.15) is 47.4 Å². The van der Waals surface area contributed by atoms with Crippen molar-refractivity contribution in [3.63, 3.8) is 0 Å². The molecule has 31 heavy (non-hydrogen) atoms. The van der Waals surface area contributed by atoms with E-state index in [-0.39, 0.29) is 6.42 Å². The number of carboxylic acid groups (broad SMARTS) is 1. The number of aliphatic carboxylic acids is 1. The number of hydrogen-bond donors (Lipinski definition) is 1. The van der Waals surface area contributed by atoms with E-state index in [1.54, 1.807) is 6.07 Å². The van der Waals surface area contributed by atoms with Crippen molar-refractivity contribution in [3.05, 3.63) is 82.9 Å². The van der Waals surface area contributed by atoms with Crippen LogP contribution in [-0.4, -0.2) is 11.1 Å². The molecule has 160 valence electrons. The van der Waals surface area contributed by atoms with E-state index in [0.29, 0.717) is 17.9 Å². The monoisotopic (exact) mass is 424 g/mol. The van der Waals surface area contributed by atoms with E-state index in [4.69, 9.17) is 5.11 Å². The van der Waals surface area contributed by atoms with Crippen molar-refractivity contribution in [2.75, 3.05) is 0 Å². The molecule has 3 aromatic rings. The molecule has 0 bridgehead atoms. The molecule has 0 radical (unpaired) electrons. The minimum absolute atomic E-state index is 0.0580. The third kappa shape index (κ3) is 4.82. The molecule has 3 aromatic carbocycles. The molecule has 0 spiro atoms. The summed E-state index contributed by atoms with van der Waals surface area (Å²) >= 11 is 0. The molecule has 2 nitrogen and oxygen atoms in total. The van der Waals surface area contributed by atoms with Gasteiger partial charge in [0.25, 0.3) is 0 Å². The van der Waals surface area contributed by atoms with Crippen molar-refractivity contribution in [1.82, 2.24) is 0 Å². The highest BCUT2D eigenvalue weighted by atomic mass is 19.4. The quantitative estimate of drug-likeness (QED) is 0.453. The summed E-state index contributed by atoms with van der Waals surface area (Å²) in [5, 5.41) is 9.13. The third-order valence-corrected chi connectivity index (χ3v) is 5.82. The van der Waals surface area contributed by atoms with Gasteiger partial charge in [-0.1, -0.05) is 48.5 Å². The molecule has 1 aliphatic carbocycles. The molecule has 5 heteroatoms. The Balaban J connectivity index is 1.70. The fourth-order valence-corrected chi connectivity index (χ4v) is 4.03. The van der Waals surface area contributed by atoms with E-state index in [9.17, 15) is 18.0 Å². The first kappa shape index (κ1) is 21.2. The van der Waals surface area contributed by atoms with Gasteiger partial charge in [0.2, 0.25) is 0 Å². The van der Waals surface area contributed by atoms with Crippen LogP contribution in [0.15, 0.2) is 60.7 Å². The van der Waals surface area contributed by atoms with Gasteiger partial charge in [0.05, 0.1) is 5.56 Å². The zero-order chi connectivity index (χ0) is 22.2. The minimum atomic E-state index is -4.38. The van der Waals surface area contributed by atoms with E-state index in [0.717, 1.165) is 33.9 Å². The molecule has 0 atom stereocenters. The van der Waals surface area contributed by atoms with Crippen LogP contribution in [0.4, 0.5) is 13.2 Å². The first-order valence-electron chi connectivity index (χ1n) is 10.4. The Labute approximate surface area is 179 Å². The van der Waals surface area contributed by atoms with Gasteiger partial charge in [-0.25, -0.2) is 0 Å². The lowest BCUT2D eigenvalue weighted by atomic mass is 9.90. The molecule has 1 N–H and O–H groups in total. The maximum atomic E-state index is 13.1.